The molecule has 0 atom stereocenters. The van der Waals surface area contributed by atoms with Crippen LogP contribution in [0.15, 0.2) is 40.2 Å². The molecule has 0 aliphatic carbocycles. The van der Waals surface area contributed by atoms with Gasteiger partial charge in [-0.2, -0.15) is 0 Å². The highest BCUT2D eigenvalue weighted by atomic mass is 79.9. The average molecular weight is 348 g/mol. The number of benzene rings is 1. The summed E-state index contributed by atoms with van der Waals surface area (Å²) in [6.45, 7) is 1.94. The van der Waals surface area contributed by atoms with Crippen LogP contribution in [0.25, 0.3) is 21.5 Å². The minimum absolute atomic E-state index is 0.290. The number of thiophene rings is 1. The van der Waals surface area contributed by atoms with E-state index >= 15 is 0 Å². The molecule has 100 valence electrons. The molecule has 0 bridgehead atoms. The lowest BCUT2D eigenvalue weighted by Crippen LogP contribution is -2.00. The van der Waals surface area contributed by atoms with Gasteiger partial charge in [0, 0.05) is 5.39 Å². The highest BCUT2D eigenvalue weighted by molar-refractivity contribution is 9.11. The van der Waals surface area contributed by atoms with Crippen LogP contribution >= 0.6 is 27.3 Å². The predicted molar refractivity (Wildman–Crippen MR) is 84.5 cm³/mol. The molecule has 0 unspecified atom stereocenters. The number of carboxylic acids is 1. The van der Waals surface area contributed by atoms with E-state index in [0.717, 1.165) is 14.2 Å². The fourth-order valence-corrected chi connectivity index (χ4v) is 3.44. The van der Waals surface area contributed by atoms with E-state index in [-0.39, 0.29) is 0 Å². The SMILES string of the molecule is Cc1ccc2nc(-c3ccc(Br)s3)cc(C(=O)O)c2c1. The van der Waals surface area contributed by atoms with E-state index < -0.39 is 5.97 Å². The number of hydrogen-bond acceptors (Lipinski definition) is 3. The van der Waals surface area contributed by atoms with Gasteiger partial charge in [0.2, 0.25) is 0 Å². The van der Waals surface area contributed by atoms with Gasteiger partial charge in [0.15, 0.2) is 0 Å². The molecule has 5 heteroatoms. The van der Waals surface area contributed by atoms with E-state index in [2.05, 4.69) is 20.9 Å². The van der Waals surface area contributed by atoms with Gasteiger partial charge in [-0.25, -0.2) is 9.78 Å². The molecular weight excluding hydrogens is 338 g/mol. The topological polar surface area (TPSA) is 50.2 Å². The van der Waals surface area contributed by atoms with Crippen molar-refractivity contribution in [2.24, 2.45) is 0 Å². The predicted octanol–water partition coefficient (Wildman–Crippen LogP) is 4.73. The summed E-state index contributed by atoms with van der Waals surface area (Å²) < 4.78 is 0.996. The van der Waals surface area contributed by atoms with E-state index in [1.54, 1.807) is 6.07 Å². The molecule has 0 aliphatic heterocycles. The molecular formula is C15H10BrNO2S. The second-order valence-corrected chi connectivity index (χ2v) is 6.95. The van der Waals surface area contributed by atoms with Crippen LogP contribution in [0.4, 0.5) is 0 Å². The van der Waals surface area contributed by atoms with Gasteiger partial charge in [-0.05, 0) is 53.2 Å². The van der Waals surface area contributed by atoms with Crippen molar-refractivity contribution in [3.8, 4) is 10.6 Å². The number of aromatic nitrogens is 1. The molecule has 0 radical (unpaired) electrons. The first-order valence-electron chi connectivity index (χ1n) is 5.95. The maximum atomic E-state index is 11.5. The van der Waals surface area contributed by atoms with Crippen LogP contribution in [0.3, 0.4) is 0 Å². The summed E-state index contributed by atoms with van der Waals surface area (Å²) in [7, 11) is 0. The summed E-state index contributed by atoms with van der Waals surface area (Å²) in [5.74, 6) is -0.931. The lowest BCUT2D eigenvalue weighted by molar-refractivity contribution is 0.0699. The molecule has 0 spiro atoms. The van der Waals surface area contributed by atoms with E-state index in [9.17, 15) is 9.90 Å². The number of aromatic carboxylic acids is 1. The maximum absolute atomic E-state index is 11.5. The Morgan fingerprint density at radius 3 is 2.70 bits per heavy atom. The van der Waals surface area contributed by atoms with Gasteiger partial charge < -0.3 is 5.11 Å². The van der Waals surface area contributed by atoms with Crippen molar-refractivity contribution >= 4 is 44.1 Å². The summed E-state index contributed by atoms with van der Waals surface area (Å²) in [4.78, 5) is 17.0. The van der Waals surface area contributed by atoms with Crippen molar-refractivity contribution in [2.45, 2.75) is 6.92 Å². The molecule has 1 aromatic carbocycles. The van der Waals surface area contributed by atoms with Crippen molar-refractivity contribution in [2.75, 3.05) is 0 Å². The van der Waals surface area contributed by atoms with Crippen molar-refractivity contribution in [1.82, 2.24) is 4.98 Å². The van der Waals surface area contributed by atoms with Gasteiger partial charge in [0.05, 0.1) is 25.4 Å². The fourth-order valence-electron chi connectivity index (χ4n) is 2.09. The highest BCUT2D eigenvalue weighted by Crippen LogP contribution is 2.32. The molecule has 3 rings (SSSR count). The van der Waals surface area contributed by atoms with Crippen molar-refractivity contribution in [3.05, 3.63) is 51.3 Å². The molecule has 2 heterocycles. The third kappa shape index (κ3) is 2.34. The van der Waals surface area contributed by atoms with Gasteiger partial charge >= 0.3 is 5.97 Å². The normalized spacial score (nSPS) is 10.9. The standard InChI is InChI=1S/C15H10BrNO2S/c1-8-2-3-11-9(6-8)10(15(18)19)7-12(17-11)13-4-5-14(16)20-13/h2-7H,1H3,(H,18,19). The Bertz CT molecular complexity index is 826. The number of rotatable bonds is 2. The Morgan fingerprint density at radius 1 is 1.25 bits per heavy atom. The summed E-state index contributed by atoms with van der Waals surface area (Å²) in [6, 6.07) is 11.2. The number of carboxylic acid groups (broad SMARTS) is 1. The van der Waals surface area contributed by atoms with Crippen LogP contribution in [0.5, 0.6) is 0 Å². The Kier molecular flexibility index (Phi) is 3.31. The monoisotopic (exact) mass is 347 g/mol. The zero-order chi connectivity index (χ0) is 14.3. The second-order valence-electron chi connectivity index (χ2n) is 4.48. The molecule has 20 heavy (non-hydrogen) atoms. The third-order valence-electron chi connectivity index (χ3n) is 3.02. The summed E-state index contributed by atoms with van der Waals surface area (Å²) in [6.07, 6.45) is 0. The minimum Gasteiger partial charge on any atom is -0.478 e. The number of fused-ring (bicyclic) bond motifs is 1. The van der Waals surface area contributed by atoms with Crippen LogP contribution < -0.4 is 0 Å². The summed E-state index contributed by atoms with van der Waals surface area (Å²) in [5, 5.41) is 10.1. The fraction of sp³-hybridized carbons (Fsp3) is 0.0667. The lowest BCUT2D eigenvalue weighted by atomic mass is 10.0. The second kappa shape index (κ2) is 5.00. The molecule has 2 aromatic heterocycles. The Hall–Kier alpha value is -1.72. The largest absolute Gasteiger partial charge is 0.478 e. The molecule has 0 aliphatic rings. The molecule has 3 nitrogen and oxygen atoms in total. The number of aryl methyl sites for hydroxylation is 1. The first-order chi connectivity index (χ1) is 9.54. The number of hydrogen-bond donors (Lipinski definition) is 1. The Labute approximate surface area is 128 Å². The quantitative estimate of drug-likeness (QED) is 0.728. The lowest BCUT2D eigenvalue weighted by Gasteiger charge is -2.06. The molecule has 0 amide bonds. The summed E-state index contributed by atoms with van der Waals surface area (Å²) in [5.41, 5.74) is 2.70. The van der Waals surface area contributed by atoms with Crippen LogP contribution in [-0.4, -0.2) is 16.1 Å². The molecule has 0 saturated heterocycles. The van der Waals surface area contributed by atoms with Crippen LogP contribution in [0.1, 0.15) is 15.9 Å². The maximum Gasteiger partial charge on any atom is 0.336 e. The smallest absolute Gasteiger partial charge is 0.336 e. The van der Waals surface area contributed by atoms with E-state index in [0.29, 0.717) is 22.2 Å². The van der Waals surface area contributed by atoms with Crippen molar-refractivity contribution < 1.29 is 9.90 Å². The third-order valence-corrected chi connectivity index (χ3v) is 4.67. The number of halogens is 1. The zero-order valence-corrected chi connectivity index (χ0v) is 13.0. The number of carbonyl (C=O) groups is 1. The van der Waals surface area contributed by atoms with Gasteiger partial charge in [0.1, 0.15) is 0 Å². The van der Waals surface area contributed by atoms with Crippen LogP contribution in [-0.2, 0) is 0 Å². The number of pyridine rings is 1. The highest BCUT2D eigenvalue weighted by Gasteiger charge is 2.14. The van der Waals surface area contributed by atoms with Crippen molar-refractivity contribution in [3.63, 3.8) is 0 Å². The van der Waals surface area contributed by atoms with E-state index in [1.165, 1.54) is 11.3 Å². The van der Waals surface area contributed by atoms with E-state index in [1.807, 2.05) is 37.3 Å². The zero-order valence-electron chi connectivity index (χ0n) is 10.6. The average Bonchev–Trinajstić information content (AvgIpc) is 2.84. The van der Waals surface area contributed by atoms with Gasteiger partial charge in [-0.15, -0.1) is 11.3 Å². The first kappa shape index (κ1) is 13.3. The van der Waals surface area contributed by atoms with Gasteiger partial charge in [0.25, 0.3) is 0 Å². The van der Waals surface area contributed by atoms with Crippen LogP contribution in [0, 0.1) is 6.92 Å². The summed E-state index contributed by atoms with van der Waals surface area (Å²) >= 11 is 4.94. The van der Waals surface area contributed by atoms with Gasteiger partial charge in [-0.3, -0.25) is 0 Å². The van der Waals surface area contributed by atoms with Gasteiger partial charge in [-0.1, -0.05) is 11.6 Å². The molecule has 0 saturated carbocycles. The molecule has 1 N–H and O–H groups in total. The first-order valence-corrected chi connectivity index (χ1v) is 7.56. The number of nitrogens with zero attached hydrogens (tertiary/aromatic N) is 1. The van der Waals surface area contributed by atoms with Crippen molar-refractivity contribution in [1.29, 1.82) is 0 Å². The minimum atomic E-state index is -0.931. The molecule has 0 fully saturated rings. The van der Waals surface area contributed by atoms with Crippen LogP contribution in [0.2, 0.25) is 0 Å². The Morgan fingerprint density at radius 2 is 2.05 bits per heavy atom. The Balaban J connectivity index is 2.31. The van der Waals surface area contributed by atoms with E-state index in [4.69, 9.17) is 0 Å². The molecule has 3 aromatic rings.